The molecule has 0 unspecified atom stereocenters. The third-order valence-electron chi connectivity index (χ3n) is 3.36. The van der Waals surface area contributed by atoms with E-state index in [1.807, 2.05) is 19.1 Å². The molecular weight excluding hydrogens is 256 g/mol. The van der Waals surface area contributed by atoms with Crippen molar-refractivity contribution in [2.24, 2.45) is 0 Å². The number of ketones is 1. The number of pyridine rings is 1. The molecule has 1 aliphatic heterocycles. The maximum atomic E-state index is 12.2. The van der Waals surface area contributed by atoms with E-state index in [4.69, 9.17) is 9.47 Å². The quantitative estimate of drug-likeness (QED) is 0.744. The van der Waals surface area contributed by atoms with Crippen LogP contribution in [0.5, 0.6) is 0 Å². The summed E-state index contributed by atoms with van der Waals surface area (Å²) in [5.41, 5.74) is 1.49. The van der Waals surface area contributed by atoms with E-state index in [9.17, 15) is 4.79 Å². The molecule has 5 heteroatoms. The molecule has 1 atom stereocenters. The number of nitrogens with zero attached hydrogens (tertiary/aromatic N) is 2. The number of carbonyl (C=O) groups excluding carboxylic acids is 1. The molecule has 0 saturated carbocycles. The molecule has 20 heavy (non-hydrogen) atoms. The lowest BCUT2D eigenvalue weighted by Gasteiger charge is -2.34. The van der Waals surface area contributed by atoms with E-state index in [1.165, 1.54) is 0 Å². The molecule has 2 rings (SSSR count). The monoisotopic (exact) mass is 278 g/mol. The topological polar surface area (TPSA) is 51.7 Å². The first-order valence-corrected chi connectivity index (χ1v) is 7.10. The Morgan fingerprint density at radius 2 is 2.45 bits per heavy atom. The number of Topliss-reactive ketones (excluding diaryl/α,β-unsaturated/α-hetero) is 1. The van der Waals surface area contributed by atoms with Crippen molar-refractivity contribution in [2.45, 2.75) is 25.9 Å². The van der Waals surface area contributed by atoms with E-state index in [1.54, 1.807) is 13.3 Å². The molecule has 0 bridgehead atoms. The second-order valence-corrected chi connectivity index (χ2v) is 4.94. The molecule has 1 aliphatic rings. The minimum atomic E-state index is 0.0445. The molecule has 1 aromatic rings. The molecule has 110 valence electrons. The summed E-state index contributed by atoms with van der Waals surface area (Å²) in [6, 6.07) is 3.84. The smallest absolute Gasteiger partial charge is 0.183 e. The number of aromatic nitrogens is 1. The lowest BCUT2D eigenvalue weighted by Crippen LogP contribution is -2.45. The lowest BCUT2D eigenvalue weighted by atomic mass is 10.1. The van der Waals surface area contributed by atoms with Crippen LogP contribution in [0, 0.1) is 0 Å². The summed E-state index contributed by atoms with van der Waals surface area (Å²) in [7, 11) is 1.67. The van der Waals surface area contributed by atoms with Gasteiger partial charge in [0.1, 0.15) is 5.69 Å². The van der Waals surface area contributed by atoms with Crippen LogP contribution in [0.1, 0.15) is 30.3 Å². The summed E-state index contributed by atoms with van der Waals surface area (Å²) >= 11 is 0. The van der Waals surface area contributed by atoms with Gasteiger partial charge in [-0.3, -0.25) is 9.78 Å². The van der Waals surface area contributed by atoms with Gasteiger partial charge in [-0.15, -0.1) is 0 Å². The summed E-state index contributed by atoms with van der Waals surface area (Å²) in [5.74, 6) is 0.109. The molecule has 0 aliphatic carbocycles. The first-order valence-electron chi connectivity index (χ1n) is 7.10. The lowest BCUT2D eigenvalue weighted by molar-refractivity contribution is -0.0101. The van der Waals surface area contributed by atoms with E-state index in [0.29, 0.717) is 25.3 Å². The van der Waals surface area contributed by atoms with Gasteiger partial charge in [0.15, 0.2) is 5.78 Å². The fourth-order valence-electron chi connectivity index (χ4n) is 2.44. The van der Waals surface area contributed by atoms with Crippen molar-refractivity contribution in [3.8, 4) is 0 Å². The molecule has 1 fully saturated rings. The molecule has 0 amide bonds. The molecule has 2 heterocycles. The first-order chi connectivity index (χ1) is 9.76. The number of methoxy groups -OCH3 is 1. The Balaban J connectivity index is 2.17. The van der Waals surface area contributed by atoms with E-state index in [0.717, 1.165) is 25.2 Å². The molecule has 0 aromatic carbocycles. The predicted molar refractivity (Wildman–Crippen MR) is 77.3 cm³/mol. The van der Waals surface area contributed by atoms with Gasteiger partial charge in [0.25, 0.3) is 0 Å². The first kappa shape index (κ1) is 14.9. The standard InChI is InChI=1S/C15H22N2O3/c1-3-5-14(18)15-13(6-4-7-16-15)17-8-9-20-12(10-17)11-19-2/h4,6-7,12H,3,5,8-11H2,1-2H3/t12-/m1/s1. The van der Waals surface area contributed by atoms with Crippen LogP contribution in [-0.4, -0.2) is 50.3 Å². The number of rotatable bonds is 6. The van der Waals surface area contributed by atoms with E-state index < -0.39 is 0 Å². The predicted octanol–water partition coefficient (Wildman–Crippen LogP) is 1.92. The summed E-state index contributed by atoms with van der Waals surface area (Å²) in [4.78, 5) is 18.6. The Morgan fingerprint density at radius 3 is 3.20 bits per heavy atom. The van der Waals surface area contributed by atoms with Crippen molar-refractivity contribution < 1.29 is 14.3 Å². The zero-order chi connectivity index (χ0) is 14.4. The number of hydrogen-bond acceptors (Lipinski definition) is 5. The van der Waals surface area contributed by atoms with Gasteiger partial charge in [-0.2, -0.15) is 0 Å². The van der Waals surface area contributed by atoms with Crippen LogP contribution >= 0.6 is 0 Å². The largest absolute Gasteiger partial charge is 0.382 e. The van der Waals surface area contributed by atoms with Gasteiger partial charge in [0, 0.05) is 32.8 Å². The van der Waals surface area contributed by atoms with Crippen molar-refractivity contribution in [3.05, 3.63) is 24.0 Å². The van der Waals surface area contributed by atoms with Gasteiger partial charge >= 0.3 is 0 Å². The summed E-state index contributed by atoms with van der Waals surface area (Å²) in [6.07, 6.45) is 3.10. The van der Waals surface area contributed by atoms with Crippen LogP contribution in [0.15, 0.2) is 18.3 Å². The highest BCUT2D eigenvalue weighted by Gasteiger charge is 2.24. The highest BCUT2D eigenvalue weighted by atomic mass is 16.5. The number of anilines is 1. The average molecular weight is 278 g/mol. The van der Waals surface area contributed by atoms with E-state index >= 15 is 0 Å². The van der Waals surface area contributed by atoms with Crippen molar-refractivity contribution in [2.75, 3.05) is 38.3 Å². The van der Waals surface area contributed by atoms with Crippen molar-refractivity contribution in [1.29, 1.82) is 0 Å². The van der Waals surface area contributed by atoms with Crippen LogP contribution < -0.4 is 4.90 Å². The maximum Gasteiger partial charge on any atom is 0.183 e. The van der Waals surface area contributed by atoms with Crippen LogP contribution in [0.25, 0.3) is 0 Å². The van der Waals surface area contributed by atoms with Crippen LogP contribution in [0.3, 0.4) is 0 Å². The molecule has 1 saturated heterocycles. The Bertz CT molecular complexity index is 448. The molecule has 0 spiro atoms. The number of ether oxygens (including phenoxy) is 2. The molecule has 5 nitrogen and oxygen atoms in total. The van der Waals surface area contributed by atoms with Crippen molar-refractivity contribution >= 4 is 11.5 Å². The highest BCUT2D eigenvalue weighted by molar-refractivity contribution is 5.99. The third kappa shape index (κ3) is 3.55. The minimum Gasteiger partial charge on any atom is -0.382 e. The molecule has 1 aromatic heterocycles. The van der Waals surface area contributed by atoms with Gasteiger partial charge in [-0.25, -0.2) is 0 Å². The number of hydrogen-bond donors (Lipinski definition) is 0. The molecule has 0 radical (unpaired) electrons. The van der Waals surface area contributed by atoms with Gasteiger partial charge in [0.05, 0.1) is 25.0 Å². The van der Waals surface area contributed by atoms with Gasteiger partial charge < -0.3 is 14.4 Å². The summed E-state index contributed by atoms with van der Waals surface area (Å²) in [6.45, 7) is 4.72. The second kappa shape index (κ2) is 7.36. The molecular formula is C15H22N2O3. The summed E-state index contributed by atoms with van der Waals surface area (Å²) in [5, 5.41) is 0. The maximum absolute atomic E-state index is 12.2. The van der Waals surface area contributed by atoms with E-state index in [-0.39, 0.29) is 11.9 Å². The SMILES string of the molecule is CCCC(=O)c1ncccc1N1CCO[C@@H](COC)C1. The van der Waals surface area contributed by atoms with Crippen LogP contribution in [0.2, 0.25) is 0 Å². The van der Waals surface area contributed by atoms with Crippen LogP contribution in [-0.2, 0) is 9.47 Å². The fourth-order valence-corrected chi connectivity index (χ4v) is 2.44. The zero-order valence-corrected chi connectivity index (χ0v) is 12.2. The van der Waals surface area contributed by atoms with Crippen LogP contribution in [0.4, 0.5) is 5.69 Å². The average Bonchev–Trinajstić information content (AvgIpc) is 2.48. The normalized spacial score (nSPS) is 19.1. The third-order valence-corrected chi connectivity index (χ3v) is 3.36. The fraction of sp³-hybridized carbons (Fsp3) is 0.600. The van der Waals surface area contributed by atoms with Gasteiger partial charge in [-0.05, 0) is 18.6 Å². The van der Waals surface area contributed by atoms with Gasteiger partial charge in [0.2, 0.25) is 0 Å². The number of morpholine rings is 1. The molecule has 0 N–H and O–H groups in total. The Hall–Kier alpha value is -1.46. The Kier molecular flexibility index (Phi) is 5.49. The Labute approximate surface area is 119 Å². The van der Waals surface area contributed by atoms with Gasteiger partial charge in [-0.1, -0.05) is 6.92 Å². The number of carbonyl (C=O) groups is 1. The Morgan fingerprint density at radius 1 is 1.60 bits per heavy atom. The van der Waals surface area contributed by atoms with E-state index in [2.05, 4.69) is 9.88 Å². The zero-order valence-electron chi connectivity index (χ0n) is 12.2. The highest BCUT2D eigenvalue weighted by Crippen LogP contribution is 2.22. The van der Waals surface area contributed by atoms with Crippen molar-refractivity contribution in [3.63, 3.8) is 0 Å². The second-order valence-electron chi connectivity index (χ2n) is 4.94. The minimum absolute atomic E-state index is 0.0445. The summed E-state index contributed by atoms with van der Waals surface area (Å²) < 4.78 is 10.8. The van der Waals surface area contributed by atoms with Crippen molar-refractivity contribution in [1.82, 2.24) is 4.98 Å².